The summed E-state index contributed by atoms with van der Waals surface area (Å²) in [5.74, 6) is -12.2. The van der Waals surface area contributed by atoms with Gasteiger partial charge in [0.25, 0.3) is 11.5 Å². The van der Waals surface area contributed by atoms with Crippen molar-refractivity contribution >= 4 is 82.0 Å². The van der Waals surface area contributed by atoms with Gasteiger partial charge in [-0.3, -0.25) is 52.9 Å². The molecule has 0 saturated carbocycles. The maximum Gasteiger partial charge on any atom is 0.326 e. The van der Waals surface area contributed by atoms with Gasteiger partial charge < -0.3 is 146 Å². The first kappa shape index (κ1) is 85.3. The molecule has 0 aliphatic heterocycles. The lowest BCUT2D eigenvalue weighted by Crippen LogP contribution is -2.58. The fourth-order valence-electron chi connectivity index (χ4n) is 9.03. The van der Waals surface area contributed by atoms with Crippen LogP contribution in [0.3, 0.4) is 0 Å². The number of carboxylic acids is 2. The summed E-state index contributed by atoms with van der Waals surface area (Å²) in [6.45, 7) is -5.79. The first-order valence-corrected chi connectivity index (χ1v) is 31.0. The zero-order valence-electron chi connectivity index (χ0n) is 53.5. The number of nitrogens with one attached hydrogen (secondary N) is 10. The molecule has 43 heteroatoms. The number of aromatic amines is 1. The number of nitrogen functional groups attached to an aromatic ring is 1. The standard InChI is InChI=1S/C57H89N15O28/c58-15-26(5-10-38(82)61-18-32(76)44(88)47(91)35(79)21-73)66-52(95)29(7-12-40(84)63-20-34(78)46(90)49(93)37(81)23-75)68-54(97)30(9-14-42(86)87)69-53(96)28(6-11-39(83)62-19-33(77)45(89)48(92)36(80)22-74)67-41(85)13-8-31(56(99)100)70-51(94)24-1-3-25(4-2-24)60-16-27-17-64-50-43(65-27)55(98)72-57(59)71-50/h1-4,17,26,28-37,44-49,60,73-81,88-93H,5-16,18-23,58H2,(H,61,82)(H,62,83)(H,63,84)(H,66,95)(H,67,85)(H,68,97)(H,69,96)(H,70,94)(H,86,87)(H,99,100)(H3,59,64,71,72,98)/t26-,28-,29-,30-,31-,32-,33-,34-,35+,36+,37+,44+,45+,46+,47+,48+,49+/m0/s1. The monoisotopic (exact) mass is 1430 g/mol. The second-order valence-electron chi connectivity index (χ2n) is 22.9. The molecule has 3 aromatic rings. The van der Waals surface area contributed by atoms with Crippen molar-refractivity contribution in [1.82, 2.24) is 62.5 Å². The molecule has 3 rings (SSSR count). The van der Waals surface area contributed by atoms with Gasteiger partial charge in [0.15, 0.2) is 11.2 Å². The van der Waals surface area contributed by atoms with Crippen molar-refractivity contribution in [2.75, 3.05) is 57.1 Å². The molecule has 560 valence electrons. The quantitative estimate of drug-likeness (QED) is 0.0250. The zero-order valence-corrected chi connectivity index (χ0v) is 53.5. The summed E-state index contributed by atoms with van der Waals surface area (Å²) in [5, 5.41) is 188. The number of nitrogens with two attached hydrogens (primary N) is 2. The number of carbonyl (C=O) groups excluding carboxylic acids is 8. The van der Waals surface area contributed by atoms with Crippen LogP contribution in [0.15, 0.2) is 35.3 Å². The molecule has 31 N–H and O–H groups in total. The molecule has 0 bridgehead atoms. The van der Waals surface area contributed by atoms with Crippen molar-refractivity contribution in [2.24, 2.45) is 5.73 Å². The number of hydrogen-bond acceptors (Lipinski definition) is 32. The Kier molecular flexibility index (Phi) is 36.6. The topological polar surface area (TPSA) is 746 Å². The van der Waals surface area contributed by atoms with E-state index in [1.165, 1.54) is 30.5 Å². The average molecular weight is 1430 g/mol. The van der Waals surface area contributed by atoms with E-state index in [0.717, 1.165) is 0 Å². The molecule has 8 amide bonds. The lowest BCUT2D eigenvalue weighted by atomic mass is 10.0. The number of carbonyl (C=O) groups is 10. The number of amides is 8. The van der Waals surface area contributed by atoms with Gasteiger partial charge in [-0.05, 0) is 56.4 Å². The number of anilines is 2. The van der Waals surface area contributed by atoms with Crippen LogP contribution in [0.25, 0.3) is 11.2 Å². The summed E-state index contributed by atoms with van der Waals surface area (Å²) < 4.78 is 0. The first-order valence-electron chi connectivity index (χ1n) is 31.0. The SMILES string of the molecule is NC[C@H](CCC(=O)NC[C@H](O)[C@@H](O)[C@H](O)[C@H](O)CO)NC(=O)[C@H](CCC(=O)NC[C@H](O)[C@@H](O)[C@H](O)[C@H](O)CO)NC(=O)[C@H](CCC(=O)O)NC(=O)[C@H](CCC(=O)NC[C@H](O)[C@@H](O)[C@H](O)[C@H](O)CO)NC(=O)CC[C@H](NC(=O)c1ccc(NCc2cnc3nc(N)[nH]c(=O)c3n2)cc1)C(=O)O. The van der Waals surface area contributed by atoms with E-state index in [1.54, 1.807) is 0 Å². The van der Waals surface area contributed by atoms with Crippen molar-refractivity contribution in [3.8, 4) is 0 Å². The van der Waals surface area contributed by atoms with Gasteiger partial charge in [-0.1, -0.05) is 0 Å². The number of nitrogens with zero attached hydrogens (tertiary/aromatic N) is 3. The minimum Gasteiger partial charge on any atom is -0.481 e. The maximum absolute atomic E-state index is 14.3. The van der Waals surface area contributed by atoms with Crippen LogP contribution in [-0.2, 0) is 49.7 Å². The van der Waals surface area contributed by atoms with E-state index in [-0.39, 0.29) is 35.6 Å². The Morgan fingerprint density at radius 2 is 0.880 bits per heavy atom. The van der Waals surface area contributed by atoms with E-state index in [1.807, 2.05) is 0 Å². The number of rotatable bonds is 47. The minimum atomic E-state index is -2.14. The first-order chi connectivity index (χ1) is 47.1. The molecule has 100 heavy (non-hydrogen) atoms. The van der Waals surface area contributed by atoms with Crippen LogP contribution < -0.4 is 64.9 Å². The predicted octanol–water partition coefficient (Wildman–Crippen LogP) is -13.4. The summed E-state index contributed by atoms with van der Waals surface area (Å²) in [6.07, 6.45) is -29.6. The van der Waals surface area contributed by atoms with Crippen LogP contribution >= 0.6 is 0 Å². The summed E-state index contributed by atoms with van der Waals surface area (Å²) in [5.41, 5.74) is 11.4. The summed E-state index contributed by atoms with van der Waals surface area (Å²) in [4.78, 5) is 160. The van der Waals surface area contributed by atoms with E-state index >= 15 is 0 Å². The molecule has 2 aromatic heterocycles. The van der Waals surface area contributed by atoms with E-state index in [4.69, 9.17) is 26.8 Å². The second-order valence-corrected chi connectivity index (χ2v) is 22.9. The third-order valence-electron chi connectivity index (χ3n) is 15.1. The van der Waals surface area contributed by atoms with Gasteiger partial charge in [-0.25, -0.2) is 14.8 Å². The Bertz CT molecular complexity index is 3230. The number of H-pyrrole nitrogens is 1. The predicted molar refractivity (Wildman–Crippen MR) is 338 cm³/mol. The Balaban J connectivity index is 1.89. The van der Waals surface area contributed by atoms with E-state index in [0.29, 0.717) is 11.4 Å². The smallest absolute Gasteiger partial charge is 0.326 e. The molecule has 0 unspecified atom stereocenters. The number of aliphatic hydroxyl groups excluding tert-OH is 15. The molecule has 0 fully saturated rings. The fraction of sp³-hybridized carbons (Fsp3) is 0.614. The molecular formula is C57H89N15O28. The number of aliphatic hydroxyl groups is 15. The molecule has 2 heterocycles. The number of carboxylic acid groups (broad SMARTS) is 2. The lowest BCUT2D eigenvalue weighted by molar-refractivity contribution is -0.140. The summed E-state index contributed by atoms with van der Waals surface area (Å²) >= 11 is 0. The Morgan fingerprint density at radius 1 is 0.480 bits per heavy atom. The molecule has 0 aliphatic carbocycles. The number of hydrogen-bond donors (Lipinski definition) is 29. The molecule has 17 atom stereocenters. The van der Waals surface area contributed by atoms with Crippen molar-refractivity contribution in [3.05, 3.63) is 52.1 Å². The van der Waals surface area contributed by atoms with Crippen LogP contribution in [-0.4, -0.2) is 315 Å². The lowest BCUT2D eigenvalue weighted by Gasteiger charge is -2.27. The molecule has 0 aliphatic rings. The summed E-state index contributed by atoms with van der Waals surface area (Å²) in [7, 11) is 0. The molecule has 43 nitrogen and oxygen atoms in total. The van der Waals surface area contributed by atoms with Gasteiger partial charge in [0.05, 0.1) is 56.6 Å². The summed E-state index contributed by atoms with van der Waals surface area (Å²) in [6, 6.07) is -3.24. The average Bonchev–Trinajstić information content (AvgIpc) is 0.809. The van der Waals surface area contributed by atoms with Gasteiger partial charge >= 0.3 is 11.9 Å². The molecule has 1 aromatic carbocycles. The molecular weight excluding hydrogens is 1340 g/mol. The highest BCUT2D eigenvalue weighted by Crippen LogP contribution is 2.15. The molecule has 0 radical (unpaired) electrons. The van der Waals surface area contributed by atoms with Crippen LogP contribution in [0.4, 0.5) is 11.6 Å². The highest BCUT2D eigenvalue weighted by atomic mass is 16.4. The second kappa shape index (κ2) is 42.9. The molecule has 0 spiro atoms. The Hall–Kier alpha value is -8.90. The maximum atomic E-state index is 14.3. The third kappa shape index (κ3) is 28.7. The van der Waals surface area contributed by atoms with Crippen LogP contribution in [0, 0.1) is 0 Å². The number of aliphatic carboxylic acids is 2. The number of aromatic nitrogens is 4. The van der Waals surface area contributed by atoms with Crippen molar-refractivity contribution in [1.29, 1.82) is 0 Å². The third-order valence-corrected chi connectivity index (χ3v) is 15.1. The van der Waals surface area contributed by atoms with Gasteiger partial charge in [0, 0.05) is 75.6 Å². The van der Waals surface area contributed by atoms with E-state index in [2.05, 4.69) is 67.8 Å². The number of fused-ring (bicyclic) bond motifs is 1. The highest BCUT2D eigenvalue weighted by molar-refractivity contribution is 5.97. The van der Waals surface area contributed by atoms with Gasteiger partial charge in [0.2, 0.25) is 47.3 Å². The van der Waals surface area contributed by atoms with Crippen molar-refractivity contribution in [2.45, 2.75) is 174 Å². The minimum absolute atomic E-state index is 0.00783. The van der Waals surface area contributed by atoms with Crippen molar-refractivity contribution < 1.29 is 135 Å². The normalized spacial score (nSPS) is 16.6. The molecule has 0 saturated heterocycles. The van der Waals surface area contributed by atoms with Crippen LogP contribution in [0.2, 0.25) is 0 Å². The van der Waals surface area contributed by atoms with E-state index in [9.17, 15) is 124 Å². The van der Waals surface area contributed by atoms with Gasteiger partial charge in [-0.2, -0.15) is 4.98 Å². The Morgan fingerprint density at radius 3 is 1.31 bits per heavy atom. The largest absolute Gasteiger partial charge is 0.481 e. The van der Waals surface area contributed by atoms with Crippen LogP contribution in [0.1, 0.15) is 80.3 Å². The fourth-order valence-corrected chi connectivity index (χ4v) is 9.03. The van der Waals surface area contributed by atoms with Gasteiger partial charge in [0.1, 0.15) is 79.1 Å². The van der Waals surface area contributed by atoms with Crippen LogP contribution in [0.5, 0.6) is 0 Å². The van der Waals surface area contributed by atoms with E-state index < -0.39 is 272 Å². The van der Waals surface area contributed by atoms with Crippen molar-refractivity contribution in [3.63, 3.8) is 0 Å². The van der Waals surface area contributed by atoms with Gasteiger partial charge in [-0.15, -0.1) is 0 Å². The Labute approximate surface area is 566 Å². The zero-order chi connectivity index (χ0) is 75.1. The highest BCUT2D eigenvalue weighted by Gasteiger charge is 2.36. The number of benzene rings is 1.